The van der Waals surface area contributed by atoms with Crippen LogP contribution in [0.3, 0.4) is 0 Å². The Morgan fingerprint density at radius 2 is 1.45 bits per heavy atom. The molecule has 0 spiro atoms. The van der Waals surface area contributed by atoms with E-state index in [4.69, 9.17) is 15.6 Å². The Labute approximate surface area is 285 Å². The van der Waals surface area contributed by atoms with Gasteiger partial charge in [0.2, 0.25) is 17.7 Å². The van der Waals surface area contributed by atoms with Crippen molar-refractivity contribution in [1.29, 1.82) is 0 Å². The number of halogens is 3. The molecule has 3 atom stereocenters. The minimum absolute atomic E-state index is 0.161. The molecule has 0 saturated heterocycles. The molecule has 1 aliphatic rings. The normalized spacial score (nSPS) is 15.5. The first-order valence-corrected chi connectivity index (χ1v) is 19.9. The largest absolute Gasteiger partial charge is 0.490 e. The number of carbonyl (C=O) groups is 7. The fraction of sp³-hybridized carbons (Fsp3) is 0.710. The van der Waals surface area contributed by atoms with Crippen molar-refractivity contribution >= 4 is 49.5 Å². The molecule has 0 unspecified atom stereocenters. The summed E-state index contributed by atoms with van der Waals surface area (Å²) in [5.41, 5.74) is 4.22. The van der Waals surface area contributed by atoms with Gasteiger partial charge in [-0.3, -0.25) is 28.9 Å². The summed E-state index contributed by atoms with van der Waals surface area (Å²) < 4.78 is 31.7. The lowest BCUT2D eigenvalue weighted by molar-refractivity contribution is -0.192. The van der Waals surface area contributed by atoms with Gasteiger partial charge in [-0.25, -0.2) is 9.59 Å². The zero-order valence-electron chi connectivity index (χ0n) is 29.1. The van der Waals surface area contributed by atoms with E-state index in [1.165, 1.54) is 24.0 Å². The maximum absolute atomic E-state index is 13.8. The average Bonchev–Trinajstić information content (AvgIpc) is 3.29. The van der Waals surface area contributed by atoms with E-state index in [9.17, 15) is 47.0 Å². The number of imide groups is 1. The predicted molar refractivity (Wildman–Crippen MR) is 177 cm³/mol. The molecule has 1 aliphatic heterocycles. The van der Waals surface area contributed by atoms with Crippen molar-refractivity contribution in [2.45, 2.75) is 122 Å². The number of carboxylic acid groups (broad SMARTS) is 2. The summed E-state index contributed by atoms with van der Waals surface area (Å²) in [5.74, 6) is -6.28. The van der Waals surface area contributed by atoms with Gasteiger partial charge in [0.25, 0.3) is 11.8 Å². The number of rotatable bonds is 20. The minimum Gasteiger partial charge on any atom is -0.480 e. The van der Waals surface area contributed by atoms with E-state index < -0.39 is 55.6 Å². The molecule has 0 aromatic rings. The van der Waals surface area contributed by atoms with Crippen LogP contribution in [0.5, 0.6) is 0 Å². The molecule has 1 rings (SSSR count). The Bertz CT molecular complexity index is 1190. The summed E-state index contributed by atoms with van der Waals surface area (Å²) in [6.45, 7) is 12.4. The number of hydrogen-bond donors (Lipinski definition) is 6. The highest BCUT2D eigenvalue weighted by Gasteiger charge is 2.44. The molecule has 14 nitrogen and oxygen atoms in total. The van der Waals surface area contributed by atoms with E-state index in [-0.39, 0.29) is 43.0 Å². The predicted octanol–water partition coefficient (Wildman–Crippen LogP) is 2.55. The number of amides is 5. The van der Waals surface area contributed by atoms with Gasteiger partial charge in [0.1, 0.15) is 17.6 Å². The highest BCUT2D eigenvalue weighted by Crippen LogP contribution is 2.28. The van der Waals surface area contributed by atoms with Crippen molar-refractivity contribution in [3.63, 3.8) is 0 Å². The summed E-state index contributed by atoms with van der Waals surface area (Å²) in [6.07, 6.45) is 1.05. The van der Waals surface area contributed by atoms with Crippen molar-refractivity contribution in [3.05, 3.63) is 12.2 Å². The lowest BCUT2D eigenvalue weighted by Crippen LogP contribution is -2.64. The Hall–Kier alpha value is -3.80. The quantitative estimate of drug-likeness (QED) is 0.0612. The first-order chi connectivity index (χ1) is 22.5. The van der Waals surface area contributed by atoms with Crippen LogP contribution in [0.25, 0.3) is 0 Å². The maximum atomic E-state index is 13.8. The third-order valence-corrected chi connectivity index (χ3v) is 9.50. The van der Waals surface area contributed by atoms with Gasteiger partial charge < -0.3 is 31.9 Å². The fourth-order valence-electron chi connectivity index (χ4n) is 4.63. The van der Waals surface area contributed by atoms with Crippen LogP contribution in [0, 0.1) is 5.92 Å². The van der Waals surface area contributed by atoms with Crippen LogP contribution >= 0.6 is 0 Å². The Balaban J connectivity index is 0.00000295. The molecule has 18 heteroatoms. The second-order valence-corrected chi connectivity index (χ2v) is 19.0. The van der Waals surface area contributed by atoms with Crippen LogP contribution in [0.4, 0.5) is 13.2 Å². The SMILES string of the molecule is CC(C)[C@](CC[Si](C)(C)C)(NC(=O)CCCCCN1C(=O)C=CC1=O)C(=O)N[C@@H](C)C(=O)N[C@@H](CCCCN)C(=O)O.O=C(O)C(F)(F)F. The van der Waals surface area contributed by atoms with Crippen LogP contribution in [-0.2, 0) is 33.6 Å². The van der Waals surface area contributed by atoms with Crippen molar-refractivity contribution in [3.8, 4) is 0 Å². The second kappa shape index (κ2) is 20.6. The summed E-state index contributed by atoms with van der Waals surface area (Å²) >= 11 is 0. The van der Waals surface area contributed by atoms with Gasteiger partial charge in [-0.05, 0) is 57.9 Å². The monoisotopic (exact) mass is 723 g/mol. The highest BCUT2D eigenvalue weighted by molar-refractivity contribution is 6.76. The zero-order valence-corrected chi connectivity index (χ0v) is 30.1. The van der Waals surface area contributed by atoms with Crippen LogP contribution in [0.2, 0.25) is 25.7 Å². The molecular formula is C31H52F3N5O9Si. The number of alkyl halides is 3. The van der Waals surface area contributed by atoms with Gasteiger partial charge in [0.05, 0.1) is 0 Å². The van der Waals surface area contributed by atoms with E-state index in [0.717, 1.165) is 6.04 Å². The van der Waals surface area contributed by atoms with Crippen molar-refractivity contribution in [1.82, 2.24) is 20.9 Å². The molecule has 0 bridgehead atoms. The van der Waals surface area contributed by atoms with Gasteiger partial charge in [0, 0.05) is 33.2 Å². The molecule has 0 radical (unpaired) electrons. The second-order valence-electron chi connectivity index (χ2n) is 13.4. The lowest BCUT2D eigenvalue weighted by Gasteiger charge is -2.39. The molecule has 49 heavy (non-hydrogen) atoms. The molecule has 0 aromatic heterocycles. The number of unbranched alkanes of at least 4 members (excludes halogenated alkanes) is 3. The van der Waals surface area contributed by atoms with Crippen LogP contribution in [-0.4, -0.2) is 102 Å². The van der Waals surface area contributed by atoms with Gasteiger partial charge >= 0.3 is 18.1 Å². The van der Waals surface area contributed by atoms with Crippen LogP contribution < -0.4 is 21.7 Å². The van der Waals surface area contributed by atoms with Gasteiger partial charge in [-0.1, -0.05) is 46.0 Å². The number of carbonyl (C=O) groups excluding carboxylic acids is 5. The number of aliphatic carboxylic acids is 2. The van der Waals surface area contributed by atoms with E-state index in [1.807, 2.05) is 13.8 Å². The minimum atomic E-state index is -5.08. The topological polar surface area (TPSA) is 225 Å². The first-order valence-electron chi connectivity index (χ1n) is 16.2. The molecule has 0 aliphatic carbocycles. The molecule has 280 valence electrons. The molecule has 0 fully saturated rings. The van der Waals surface area contributed by atoms with Crippen molar-refractivity contribution < 1.29 is 56.9 Å². The number of nitrogens with one attached hydrogen (secondary N) is 3. The molecule has 0 aromatic carbocycles. The standard InChI is InChI=1S/C29H51N5O7Si.C2HF3O2/c1-20(2)29(16-19-42(4,5)6,33-23(35)13-8-7-11-18-34-24(36)14-15-25(34)37)28(41)31-21(3)26(38)32-22(27(39)40)12-9-10-17-30;3-2(4,5)1(6)7/h14-15,20-22H,7-13,16-19,30H2,1-6H3,(H,31,41)(H,32,38)(H,33,35)(H,39,40);(H,6,7)/t21-,22-,29-;/m0./s1. The number of nitrogens with two attached hydrogens (primary N) is 1. The van der Waals surface area contributed by atoms with Gasteiger partial charge in [-0.15, -0.1) is 0 Å². The number of nitrogens with zero attached hydrogens (tertiary/aromatic N) is 1. The Morgan fingerprint density at radius 3 is 1.90 bits per heavy atom. The molecule has 0 saturated carbocycles. The maximum Gasteiger partial charge on any atom is 0.490 e. The van der Waals surface area contributed by atoms with Gasteiger partial charge in [0.15, 0.2) is 0 Å². The average molecular weight is 724 g/mol. The number of hydrogen-bond acceptors (Lipinski definition) is 8. The third kappa shape index (κ3) is 16.9. The fourth-order valence-corrected chi connectivity index (χ4v) is 5.78. The summed E-state index contributed by atoms with van der Waals surface area (Å²) in [7, 11) is -1.63. The van der Waals surface area contributed by atoms with E-state index in [0.29, 0.717) is 45.1 Å². The summed E-state index contributed by atoms with van der Waals surface area (Å²) in [5, 5.41) is 24.9. The smallest absolute Gasteiger partial charge is 0.480 e. The summed E-state index contributed by atoms with van der Waals surface area (Å²) in [4.78, 5) is 84.8. The van der Waals surface area contributed by atoms with E-state index in [1.54, 1.807) is 0 Å². The number of carboxylic acids is 2. The Morgan fingerprint density at radius 1 is 0.898 bits per heavy atom. The van der Waals surface area contributed by atoms with Crippen LogP contribution in [0.1, 0.15) is 72.1 Å². The zero-order chi connectivity index (χ0) is 38.2. The Kier molecular flexibility index (Phi) is 19.0. The third-order valence-electron chi connectivity index (χ3n) is 7.75. The molecule has 7 N–H and O–H groups in total. The van der Waals surface area contributed by atoms with Gasteiger partial charge in [-0.2, -0.15) is 13.2 Å². The highest BCUT2D eigenvalue weighted by atomic mass is 28.3. The molecule has 5 amide bonds. The van der Waals surface area contributed by atoms with E-state index in [2.05, 4.69) is 35.6 Å². The van der Waals surface area contributed by atoms with E-state index >= 15 is 0 Å². The van der Waals surface area contributed by atoms with Crippen molar-refractivity contribution in [2.75, 3.05) is 13.1 Å². The molecular weight excluding hydrogens is 671 g/mol. The first kappa shape index (κ1) is 45.2. The summed E-state index contributed by atoms with van der Waals surface area (Å²) in [6, 6.07) is -1.36. The lowest BCUT2D eigenvalue weighted by atomic mass is 9.82. The van der Waals surface area contributed by atoms with Crippen LogP contribution in [0.15, 0.2) is 12.2 Å². The molecule has 1 heterocycles. The van der Waals surface area contributed by atoms with Crippen molar-refractivity contribution in [2.24, 2.45) is 11.7 Å².